The third-order valence-corrected chi connectivity index (χ3v) is 7.76. The minimum absolute atomic E-state index is 0.0148. The zero-order valence-electron chi connectivity index (χ0n) is 21.3. The summed E-state index contributed by atoms with van der Waals surface area (Å²) in [7, 11) is 0. The molecule has 2 heterocycles. The van der Waals surface area contributed by atoms with E-state index in [1.54, 1.807) is 0 Å². The van der Waals surface area contributed by atoms with E-state index in [1.165, 1.54) is 6.92 Å². The van der Waals surface area contributed by atoms with Crippen molar-refractivity contribution in [3.05, 3.63) is 34.9 Å². The zero-order chi connectivity index (χ0) is 28.6. The van der Waals surface area contributed by atoms with Gasteiger partial charge in [-0.05, 0) is 68.8 Å². The second-order valence-corrected chi connectivity index (χ2v) is 10.5. The lowest BCUT2D eigenvalue weighted by molar-refractivity contribution is -0.143. The first kappa shape index (κ1) is 29.4. The molecule has 1 aliphatic carbocycles. The number of fused-ring (bicyclic) bond motifs is 1. The van der Waals surface area contributed by atoms with E-state index in [0.29, 0.717) is 57.3 Å². The van der Waals surface area contributed by atoms with Crippen molar-refractivity contribution >= 4 is 12.1 Å². The number of benzene rings is 1. The molecule has 14 heteroatoms. The van der Waals surface area contributed by atoms with Gasteiger partial charge in [-0.1, -0.05) is 0 Å². The van der Waals surface area contributed by atoms with Gasteiger partial charge in [0.25, 0.3) is 0 Å². The number of nitrogens with zero attached hydrogens (tertiary/aromatic N) is 1. The van der Waals surface area contributed by atoms with Crippen molar-refractivity contribution in [1.29, 1.82) is 0 Å². The van der Waals surface area contributed by atoms with Crippen molar-refractivity contribution in [2.75, 3.05) is 33.0 Å². The van der Waals surface area contributed by atoms with E-state index in [9.17, 15) is 35.9 Å². The van der Waals surface area contributed by atoms with Crippen LogP contribution >= 0.6 is 0 Å². The number of carbonyl (C=O) groups excluding carboxylic acids is 2. The fraction of sp³-hybridized carbons (Fsp3) is 0.680. The van der Waals surface area contributed by atoms with Crippen LogP contribution in [-0.4, -0.2) is 61.1 Å². The molecule has 0 bridgehead atoms. The lowest BCUT2D eigenvalue weighted by Gasteiger charge is -2.44. The molecule has 1 aromatic rings. The standard InChI is InChI=1S/C25H31F6N3O5/c1-15(16-7-17(24(26,27)28)9-18(8-16)25(29,30)31)38-13-23-11-19(23)10-22(4-3-20(35)33-22)12-34(23)14-39-21(36)37-6-2-5-32/h7-9,15,19H,2-6,10-14,32H2,1H3,(H,33,35)/t15-,19?,22-,23+/m1/s1. The first-order chi connectivity index (χ1) is 18.2. The number of carbonyl (C=O) groups is 2. The first-order valence-corrected chi connectivity index (χ1v) is 12.6. The van der Waals surface area contributed by atoms with Gasteiger partial charge < -0.3 is 25.3 Å². The number of ether oxygens (including phenoxy) is 3. The molecule has 4 atom stereocenters. The van der Waals surface area contributed by atoms with Crippen LogP contribution in [0.4, 0.5) is 31.1 Å². The Morgan fingerprint density at radius 2 is 1.79 bits per heavy atom. The molecular weight excluding hydrogens is 536 g/mol. The summed E-state index contributed by atoms with van der Waals surface area (Å²) in [5, 5.41) is 3.01. The van der Waals surface area contributed by atoms with Gasteiger partial charge in [0, 0.05) is 13.0 Å². The summed E-state index contributed by atoms with van der Waals surface area (Å²) in [4.78, 5) is 25.8. The second-order valence-electron chi connectivity index (χ2n) is 10.5. The predicted octanol–water partition coefficient (Wildman–Crippen LogP) is 4.37. The van der Waals surface area contributed by atoms with Crippen LogP contribution in [0.2, 0.25) is 0 Å². The van der Waals surface area contributed by atoms with Crippen molar-refractivity contribution in [3.63, 3.8) is 0 Å². The minimum Gasteiger partial charge on any atom is -0.434 e. The Balaban J connectivity index is 1.49. The van der Waals surface area contributed by atoms with Crippen LogP contribution in [0.5, 0.6) is 0 Å². The quantitative estimate of drug-likeness (QED) is 0.260. The highest BCUT2D eigenvalue weighted by Gasteiger charge is 2.65. The Morgan fingerprint density at radius 3 is 2.36 bits per heavy atom. The summed E-state index contributed by atoms with van der Waals surface area (Å²) in [5.41, 5.74) is 1.14. The van der Waals surface area contributed by atoms with Crippen LogP contribution in [0.3, 0.4) is 0 Å². The molecule has 0 radical (unpaired) electrons. The SMILES string of the molecule is C[C@@H](OC[C@@]12CC1C[C@]1(CCC(=O)N1)CN2COC(=O)OCCCN)c1cc(C(F)(F)F)cc(C(F)(F)F)c1. The van der Waals surface area contributed by atoms with E-state index in [1.807, 2.05) is 4.90 Å². The summed E-state index contributed by atoms with van der Waals surface area (Å²) < 4.78 is 96.0. The second kappa shape index (κ2) is 10.8. The molecule has 1 spiro atoms. The highest BCUT2D eigenvalue weighted by Crippen LogP contribution is 2.58. The molecule has 8 nitrogen and oxygen atoms in total. The van der Waals surface area contributed by atoms with Crippen molar-refractivity contribution in [3.8, 4) is 0 Å². The van der Waals surface area contributed by atoms with Crippen molar-refractivity contribution in [1.82, 2.24) is 10.2 Å². The van der Waals surface area contributed by atoms with Gasteiger partial charge in [0.1, 0.15) is 6.73 Å². The van der Waals surface area contributed by atoms with Crippen LogP contribution in [0.15, 0.2) is 18.2 Å². The van der Waals surface area contributed by atoms with Gasteiger partial charge in [-0.2, -0.15) is 26.3 Å². The Hall–Kier alpha value is -2.58. The summed E-state index contributed by atoms with van der Waals surface area (Å²) in [5.74, 6) is -0.0685. The summed E-state index contributed by atoms with van der Waals surface area (Å²) in [6, 6.07) is 1.39. The topological polar surface area (TPSA) is 103 Å². The molecule has 3 N–H and O–H groups in total. The van der Waals surface area contributed by atoms with E-state index >= 15 is 0 Å². The maximum Gasteiger partial charge on any atom is 0.509 e. The van der Waals surface area contributed by atoms with Crippen LogP contribution < -0.4 is 11.1 Å². The number of likely N-dealkylation sites (tertiary alicyclic amines) is 1. The molecule has 1 saturated carbocycles. The maximum atomic E-state index is 13.3. The summed E-state index contributed by atoms with van der Waals surface area (Å²) in [6.07, 6.45) is -9.28. The average Bonchev–Trinajstić information content (AvgIpc) is 3.45. The number of rotatable bonds is 9. The molecule has 3 aliphatic rings. The Bertz CT molecular complexity index is 1050. The molecule has 3 fully saturated rings. The number of hydrogen-bond donors (Lipinski definition) is 2. The van der Waals surface area contributed by atoms with E-state index in [2.05, 4.69) is 5.32 Å². The van der Waals surface area contributed by atoms with Gasteiger partial charge in [0.2, 0.25) is 5.91 Å². The van der Waals surface area contributed by atoms with Gasteiger partial charge in [-0.3, -0.25) is 9.69 Å². The molecule has 2 saturated heterocycles. The highest BCUT2D eigenvalue weighted by molar-refractivity contribution is 5.79. The molecule has 0 aromatic heterocycles. The molecule has 2 aliphatic heterocycles. The molecule has 4 rings (SSSR count). The smallest absolute Gasteiger partial charge is 0.434 e. The van der Waals surface area contributed by atoms with E-state index in [4.69, 9.17) is 19.9 Å². The number of nitrogens with two attached hydrogens (primary N) is 1. The number of amides is 1. The molecule has 218 valence electrons. The number of hydrogen-bond acceptors (Lipinski definition) is 7. The Morgan fingerprint density at radius 1 is 1.13 bits per heavy atom. The van der Waals surface area contributed by atoms with Crippen LogP contribution in [0.25, 0.3) is 0 Å². The monoisotopic (exact) mass is 567 g/mol. The van der Waals surface area contributed by atoms with Crippen LogP contribution in [0, 0.1) is 5.92 Å². The maximum absolute atomic E-state index is 13.3. The number of alkyl halides is 6. The van der Waals surface area contributed by atoms with E-state index in [0.717, 1.165) is 0 Å². The fourth-order valence-electron chi connectivity index (χ4n) is 5.55. The molecule has 1 unspecified atom stereocenters. The van der Waals surface area contributed by atoms with Crippen LogP contribution in [-0.2, 0) is 31.4 Å². The zero-order valence-corrected chi connectivity index (χ0v) is 21.3. The van der Waals surface area contributed by atoms with E-state index < -0.39 is 46.8 Å². The Kier molecular flexibility index (Phi) is 8.12. The number of halogens is 6. The van der Waals surface area contributed by atoms with Gasteiger partial charge in [0.15, 0.2) is 0 Å². The van der Waals surface area contributed by atoms with Crippen molar-refractivity contribution in [2.45, 2.75) is 68.6 Å². The molecule has 39 heavy (non-hydrogen) atoms. The van der Waals surface area contributed by atoms with Gasteiger partial charge in [-0.25, -0.2) is 4.79 Å². The van der Waals surface area contributed by atoms with Gasteiger partial charge in [-0.15, -0.1) is 0 Å². The first-order valence-electron chi connectivity index (χ1n) is 12.6. The molecular formula is C25H31F6N3O5. The van der Waals surface area contributed by atoms with Crippen LogP contribution in [0.1, 0.15) is 61.8 Å². The van der Waals surface area contributed by atoms with Gasteiger partial charge >= 0.3 is 18.5 Å². The molecule has 1 amide bonds. The largest absolute Gasteiger partial charge is 0.509 e. The summed E-state index contributed by atoms with van der Waals surface area (Å²) in [6.45, 7) is 1.94. The average molecular weight is 568 g/mol. The molecule has 1 aromatic carbocycles. The Labute approximate surface area is 221 Å². The number of nitrogens with one attached hydrogen (secondary N) is 1. The summed E-state index contributed by atoms with van der Waals surface area (Å²) >= 11 is 0. The lowest BCUT2D eigenvalue weighted by Crippen LogP contribution is -2.60. The predicted molar refractivity (Wildman–Crippen MR) is 124 cm³/mol. The minimum atomic E-state index is -4.97. The third kappa shape index (κ3) is 6.60. The van der Waals surface area contributed by atoms with E-state index in [-0.39, 0.29) is 43.4 Å². The van der Waals surface area contributed by atoms with Gasteiger partial charge in [0.05, 0.1) is 41.5 Å². The van der Waals surface area contributed by atoms with Crippen molar-refractivity contribution in [2.24, 2.45) is 11.7 Å². The lowest BCUT2D eigenvalue weighted by atomic mass is 9.84. The third-order valence-electron chi connectivity index (χ3n) is 7.76. The normalized spacial score (nSPS) is 27.7. The fourth-order valence-corrected chi connectivity index (χ4v) is 5.55. The highest BCUT2D eigenvalue weighted by atomic mass is 19.4. The van der Waals surface area contributed by atoms with Crippen molar-refractivity contribution < 1.29 is 50.1 Å². The number of piperidine rings is 1.